The van der Waals surface area contributed by atoms with Gasteiger partial charge in [-0.3, -0.25) is 0 Å². The maximum absolute atomic E-state index is 5.55. The monoisotopic (exact) mass is 236 g/mol. The molecule has 0 saturated heterocycles. The third-order valence-electron chi connectivity index (χ3n) is 2.64. The lowest BCUT2D eigenvalue weighted by Crippen LogP contribution is -2.23. The SMILES string of the molecule is CCc1cccc(C)c1NC(C)CC(N)=S. The van der Waals surface area contributed by atoms with Crippen LogP contribution < -0.4 is 11.1 Å². The van der Waals surface area contributed by atoms with E-state index in [0.29, 0.717) is 4.99 Å². The molecule has 0 aliphatic rings. The molecule has 2 nitrogen and oxygen atoms in total. The summed E-state index contributed by atoms with van der Waals surface area (Å²) in [4.78, 5) is 0.562. The summed E-state index contributed by atoms with van der Waals surface area (Å²) in [5.41, 5.74) is 9.39. The van der Waals surface area contributed by atoms with E-state index < -0.39 is 0 Å². The summed E-state index contributed by atoms with van der Waals surface area (Å²) in [5.74, 6) is 0. The Morgan fingerprint density at radius 2 is 2.19 bits per heavy atom. The summed E-state index contributed by atoms with van der Waals surface area (Å²) in [6, 6.07) is 6.65. The summed E-state index contributed by atoms with van der Waals surface area (Å²) in [5, 5.41) is 3.49. The minimum atomic E-state index is 0.281. The molecule has 0 aliphatic carbocycles. The van der Waals surface area contributed by atoms with E-state index in [2.05, 4.69) is 44.3 Å². The molecule has 0 heterocycles. The highest BCUT2D eigenvalue weighted by molar-refractivity contribution is 7.80. The zero-order chi connectivity index (χ0) is 12.1. The van der Waals surface area contributed by atoms with E-state index in [4.69, 9.17) is 18.0 Å². The Morgan fingerprint density at radius 3 is 2.75 bits per heavy atom. The average molecular weight is 236 g/mol. The van der Waals surface area contributed by atoms with Gasteiger partial charge in [-0.2, -0.15) is 0 Å². The number of para-hydroxylation sites is 1. The molecule has 88 valence electrons. The van der Waals surface area contributed by atoms with Crippen molar-refractivity contribution in [3.05, 3.63) is 29.3 Å². The molecule has 0 saturated carbocycles. The van der Waals surface area contributed by atoms with Crippen LogP contribution in [0.25, 0.3) is 0 Å². The number of aryl methyl sites for hydroxylation is 2. The second-order valence-electron chi connectivity index (χ2n) is 4.18. The van der Waals surface area contributed by atoms with Crippen LogP contribution in [-0.4, -0.2) is 11.0 Å². The maximum atomic E-state index is 5.55. The van der Waals surface area contributed by atoms with Gasteiger partial charge in [-0.25, -0.2) is 0 Å². The van der Waals surface area contributed by atoms with E-state index in [1.165, 1.54) is 16.8 Å². The number of hydrogen-bond donors (Lipinski definition) is 2. The van der Waals surface area contributed by atoms with Crippen LogP contribution in [-0.2, 0) is 6.42 Å². The molecule has 1 aromatic carbocycles. The maximum Gasteiger partial charge on any atom is 0.0747 e. The van der Waals surface area contributed by atoms with Gasteiger partial charge in [0.05, 0.1) is 4.99 Å². The topological polar surface area (TPSA) is 38.0 Å². The van der Waals surface area contributed by atoms with Crippen molar-refractivity contribution in [1.82, 2.24) is 0 Å². The highest BCUT2D eigenvalue weighted by Crippen LogP contribution is 2.22. The number of nitrogens with one attached hydrogen (secondary N) is 1. The number of benzene rings is 1. The Labute approximate surface area is 103 Å². The lowest BCUT2D eigenvalue weighted by atomic mass is 10.0. The Kier molecular flexibility index (Phi) is 4.74. The Morgan fingerprint density at radius 1 is 1.50 bits per heavy atom. The van der Waals surface area contributed by atoms with Crippen molar-refractivity contribution < 1.29 is 0 Å². The number of rotatable bonds is 5. The van der Waals surface area contributed by atoms with Crippen molar-refractivity contribution in [2.45, 2.75) is 39.7 Å². The van der Waals surface area contributed by atoms with Gasteiger partial charge >= 0.3 is 0 Å². The Hall–Kier alpha value is -1.09. The first-order valence-corrected chi connectivity index (χ1v) is 6.08. The van der Waals surface area contributed by atoms with Crippen LogP contribution in [0.5, 0.6) is 0 Å². The highest BCUT2D eigenvalue weighted by Gasteiger charge is 2.08. The number of anilines is 1. The van der Waals surface area contributed by atoms with Gasteiger partial charge in [-0.05, 0) is 31.4 Å². The van der Waals surface area contributed by atoms with Crippen molar-refractivity contribution in [2.24, 2.45) is 5.73 Å². The minimum absolute atomic E-state index is 0.281. The molecule has 1 unspecified atom stereocenters. The van der Waals surface area contributed by atoms with Crippen molar-refractivity contribution in [2.75, 3.05) is 5.32 Å². The van der Waals surface area contributed by atoms with Crippen LogP contribution in [0.3, 0.4) is 0 Å². The first-order valence-electron chi connectivity index (χ1n) is 5.68. The standard InChI is InChI=1S/C13H20N2S/c1-4-11-7-5-6-9(2)13(11)15-10(3)8-12(14)16/h5-7,10,15H,4,8H2,1-3H3,(H2,14,16). The molecule has 16 heavy (non-hydrogen) atoms. The summed E-state index contributed by atoms with van der Waals surface area (Å²) in [7, 11) is 0. The number of thiocarbonyl (C=S) groups is 1. The summed E-state index contributed by atoms with van der Waals surface area (Å²) in [6.07, 6.45) is 1.76. The van der Waals surface area contributed by atoms with E-state index in [9.17, 15) is 0 Å². The van der Waals surface area contributed by atoms with Gasteiger partial charge in [0.25, 0.3) is 0 Å². The van der Waals surface area contributed by atoms with Gasteiger partial charge in [-0.1, -0.05) is 37.3 Å². The predicted octanol–water partition coefficient (Wildman–Crippen LogP) is 3.03. The zero-order valence-corrected chi connectivity index (χ0v) is 11.0. The molecule has 0 aromatic heterocycles. The van der Waals surface area contributed by atoms with Crippen LogP contribution >= 0.6 is 12.2 Å². The molecular formula is C13H20N2S. The predicted molar refractivity (Wildman–Crippen MR) is 75.0 cm³/mol. The molecule has 0 fully saturated rings. The molecular weight excluding hydrogens is 216 g/mol. The van der Waals surface area contributed by atoms with Crippen molar-refractivity contribution >= 4 is 22.9 Å². The van der Waals surface area contributed by atoms with Crippen LogP contribution in [0.1, 0.15) is 31.4 Å². The van der Waals surface area contributed by atoms with Gasteiger partial charge in [0, 0.05) is 18.2 Å². The molecule has 3 heteroatoms. The third kappa shape index (κ3) is 3.49. The fourth-order valence-electron chi connectivity index (χ4n) is 1.83. The highest BCUT2D eigenvalue weighted by atomic mass is 32.1. The molecule has 0 spiro atoms. The molecule has 1 rings (SSSR count). The van der Waals surface area contributed by atoms with Gasteiger partial charge in [0.15, 0.2) is 0 Å². The third-order valence-corrected chi connectivity index (χ3v) is 2.80. The zero-order valence-electron chi connectivity index (χ0n) is 10.2. The molecule has 1 atom stereocenters. The smallest absolute Gasteiger partial charge is 0.0747 e. The molecule has 0 radical (unpaired) electrons. The Bertz CT molecular complexity index is 374. The van der Waals surface area contributed by atoms with Crippen LogP contribution in [0.2, 0.25) is 0 Å². The van der Waals surface area contributed by atoms with Gasteiger partial charge in [0.2, 0.25) is 0 Å². The van der Waals surface area contributed by atoms with Gasteiger partial charge in [0.1, 0.15) is 0 Å². The molecule has 1 aromatic rings. The summed E-state index contributed by atoms with van der Waals surface area (Å²) >= 11 is 4.92. The van der Waals surface area contributed by atoms with E-state index in [1.54, 1.807) is 0 Å². The van der Waals surface area contributed by atoms with Crippen molar-refractivity contribution in [3.8, 4) is 0 Å². The lowest BCUT2D eigenvalue weighted by molar-refractivity contribution is 0.834. The quantitative estimate of drug-likeness (QED) is 0.772. The van der Waals surface area contributed by atoms with Gasteiger partial charge < -0.3 is 11.1 Å². The van der Waals surface area contributed by atoms with Crippen LogP contribution in [0, 0.1) is 6.92 Å². The molecule has 3 N–H and O–H groups in total. The van der Waals surface area contributed by atoms with Crippen LogP contribution in [0.15, 0.2) is 18.2 Å². The second kappa shape index (κ2) is 5.85. The van der Waals surface area contributed by atoms with Crippen molar-refractivity contribution in [1.29, 1.82) is 0 Å². The first kappa shape index (κ1) is 13.0. The molecule has 0 aliphatic heterocycles. The largest absolute Gasteiger partial charge is 0.393 e. The minimum Gasteiger partial charge on any atom is -0.393 e. The normalized spacial score (nSPS) is 12.2. The van der Waals surface area contributed by atoms with E-state index in [1.807, 2.05) is 0 Å². The van der Waals surface area contributed by atoms with E-state index >= 15 is 0 Å². The Balaban J connectivity index is 2.83. The second-order valence-corrected chi connectivity index (χ2v) is 4.70. The summed E-state index contributed by atoms with van der Waals surface area (Å²) < 4.78 is 0. The molecule has 0 bridgehead atoms. The van der Waals surface area contributed by atoms with E-state index in [-0.39, 0.29) is 6.04 Å². The lowest BCUT2D eigenvalue weighted by Gasteiger charge is -2.19. The number of hydrogen-bond acceptors (Lipinski definition) is 2. The van der Waals surface area contributed by atoms with E-state index in [0.717, 1.165) is 12.8 Å². The van der Waals surface area contributed by atoms with Gasteiger partial charge in [-0.15, -0.1) is 0 Å². The van der Waals surface area contributed by atoms with Crippen LogP contribution in [0.4, 0.5) is 5.69 Å². The first-order chi connectivity index (χ1) is 7.54. The summed E-state index contributed by atoms with van der Waals surface area (Å²) in [6.45, 7) is 6.39. The van der Waals surface area contributed by atoms with Crippen molar-refractivity contribution in [3.63, 3.8) is 0 Å². The fourth-order valence-corrected chi connectivity index (χ4v) is 2.08. The fraction of sp³-hybridized carbons (Fsp3) is 0.462. The number of nitrogens with two attached hydrogens (primary N) is 1. The average Bonchev–Trinajstić information content (AvgIpc) is 2.20. The molecule has 0 amide bonds.